The maximum Gasteiger partial charge on any atom is 0.267 e. The number of rotatable bonds is 15. The van der Waals surface area contributed by atoms with Crippen molar-refractivity contribution in [3.63, 3.8) is 0 Å². The maximum atomic E-state index is 13.1. The van der Waals surface area contributed by atoms with Crippen molar-refractivity contribution in [2.45, 2.75) is 46.0 Å². The predicted molar refractivity (Wildman–Crippen MR) is 266 cm³/mol. The van der Waals surface area contributed by atoms with Crippen LogP contribution in [0.15, 0.2) is 178 Å². The van der Waals surface area contributed by atoms with Crippen LogP contribution in [0.1, 0.15) is 44.6 Å². The Hall–Kier alpha value is -7.45. The lowest BCUT2D eigenvalue weighted by Crippen LogP contribution is -2.23. The number of anilines is 1. The highest BCUT2D eigenvalue weighted by molar-refractivity contribution is 7.92. The van der Waals surface area contributed by atoms with Crippen molar-refractivity contribution < 1.29 is 39.6 Å². The standard InChI is InChI=1S/C26H21N3O4S.C24H23N3O5S3/c1-33-21-6-4-19-13-23(9-5-18(19)12-21)34(31,32)22-7-2-17(3-8-22)15-28-26(30)25-14-20-16-27-11-10-24(20)29-25;1-2-12-34(29,30)27-19-4-3-5-21(14-19)35(31,32)20-8-6-17(7-9-20)15-26-24(28)22-13-18-10-11-25-16-23(18)33-22/h2-14,16,29H,15H2,1H3,(H,28,30);3-11,13-14,16,27H,2,12,15H2,1H3,(H,26,28). The number of methoxy groups -OCH3 is 1. The minimum absolute atomic E-state index is 0.0190. The molecule has 15 nitrogen and oxygen atoms in total. The molecule has 5 aromatic carbocycles. The fraction of sp³-hybridized carbons (Fsp3) is 0.120. The highest BCUT2D eigenvalue weighted by Crippen LogP contribution is 2.29. The minimum Gasteiger partial charge on any atom is -0.497 e. The Morgan fingerprint density at radius 1 is 0.609 bits per heavy atom. The van der Waals surface area contributed by atoms with Gasteiger partial charge >= 0.3 is 0 Å². The van der Waals surface area contributed by atoms with Crippen LogP contribution in [0.2, 0.25) is 0 Å². The first-order valence-electron chi connectivity index (χ1n) is 21.3. The second kappa shape index (κ2) is 20.4. The van der Waals surface area contributed by atoms with E-state index in [1.165, 1.54) is 47.7 Å². The highest BCUT2D eigenvalue weighted by atomic mass is 32.2. The largest absolute Gasteiger partial charge is 0.497 e. The third-order valence-corrected chi connectivity index (χ3v) is 16.9. The molecule has 352 valence electrons. The Balaban J connectivity index is 0.000000186. The molecule has 4 N–H and O–H groups in total. The third-order valence-electron chi connectivity index (χ3n) is 10.8. The van der Waals surface area contributed by atoms with Crippen molar-refractivity contribution in [3.8, 4) is 5.75 Å². The zero-order chi connectivity index (χ0) is 48.8. The van der Waals surface area contributed by atoms with Crippen LogP contribution < -0.4 is 20.1 Å². The van der Waals surface area contributed by atoms with Crippen LogP contribution in [-0.2, 0) is 42.8 Å². The van der Waals surface area contributed by atoms with Gasteiger partial charge in [0, 0.05) is 54.5 Å². The number of benzene rings is 5. The lowest BCUT2D eigenvalue weighted by atomic mass is 10.1. The second-order valence-corrected chi connectivity index (χ2v) is 22.5. The Kier molecular flexibility index (Phi) is 14.2. The van der Waals surface area contributed by atoms with Crippen LogP contribution in [-0.4, -0.2) is 64.9 Å². The Morgan fingerprint density at radius 3 is 1.87 bits per heavy atom. The molecule has 0 radical (unpaired) electrons. The molecule has 0 bridgehead atoms. The van der Waals surface area contributed by atoms with Crippen molar-refractivity contribution >= 4 is 90.3 Å². The summed E-state index contributed by atoms with van der Waals surface area (Å²) in [6.07, 6.45) is 7.18. The fourth-order valence-corrected chi connectivity index (χ4v) is 11.9. The summed E-state index contributed by atoms with van der Waals surface area (Å²) in [6.45, 7) is 2.25. The molecule has 69 heavy (non-hydrogen) atoms. The molecule has 9 rings (SSSR count). The quantitative estimate of drug-likeness (QED) is 0.0760. The summed E-state index contributed by atoms with van der Waals surface area (Å²) in [5.74, 6) is 0.195. The van der Waals surface area contributed by atoms with Crippen molar-refractivity contribution in [2.24, 2.45) is 0 Å². The molecule has 4 aromatic heterocycles. The monoisotopic (exact) mass is 1000 g/mol. The number of carbonyl (C=O) groups is 2. The van der Waals surface area contributed by atoms with Gasteiger partial charge in [0.2, 0.25) is 29.7 Å². The number of hydrogen-bond donors (Lipinski definition) is 4. The molecular weight excluding hydrogens is 957 g/mol. The number of nitrogens with one attached hydrogen (secondary N) is 4. The van der Waals surface area contributed by atoms with Crippen molar-refractivity contribution in [3.05, 3.63) is 180 Å². The number of sulfonamides is 1. The van der Waals surface area contributed by atoms with E-state index in [4.69, 9.17) is 4.74 Å². The molecule has 9 aromatic rings. The van der Waals surface area contributed by atoms with Gasteiger partial charge in [-0.15, -0.1) is 11.3 Å². The van der Waals surface area contributed by atoms with Crippen LogP contribution in [0.25, 0.3) is 31.8 Å². The summed E-state index contributed by atoms with van der Waals surface area (Å²) < 4.78 is 85.0. The van der Waals surface area contributed by atoms with E-state index < -0.39 is 29.7 Å². The van der Waals surface area contributed by atoms with Crippen molar-refractivity contribution in [2.75, 3.05) is 17.6 Å². The molecule has 0 aliphatic heterocycles. The Bertz CT molecular complexity index is 3620. The molecule has 0 aliphatic rings. The molecule has 4 heterocycles. The van der Waals surface area contributed by atoms with Crippen LogP contribution in [0.4, 0.5) is 5.69 Å². The minimum atomic E-state index is -3.86. The number of hydrogen-bond acceptors (Lipinski definition) is 12. The molecule has 0 aliphatic carbocycles. The predicted octanol–water partition coefficient (Wildman–Crippen LogP) is 8.70. The average Bonchev–Trinajstić information content (AvgIpc) is 4.01. The molecule has 0 saturated heterocycles. The lowest BCUT2D eigenvalue weighted by molar-refractivity contribution is 0.0942. The summed E-state index contributed by atoms with van der Waals surface area (Å²) in [7, 11) is -9.49. The lowest BCUT2D eigenvalue weighted by Gasteiger charge is -2.10. The average molecular weight is 1000 g/mol. The molecule has 0 spiro atoms. The van der Waals surface area contributed by atoms with E-state index >= 15 is 0 Å². The van der Waals surface area contributed by atoms with E-state index in [0.717, 1.165) is 42.9 Å². The third kappa shape index (κ3) is 11.3. The normalized spacial score (nSPS) is 11.7. The second-order valence-electron chi connectivity index (χ2n) is 15.7. The number of sulfone groups is 2. The number of amides is 2. The summed E-state index contributed by atoms with van der Waals surface area (Å²) in [6, 6.07) is 36.2. The van der Waals surface area contributed by atoms with Crippen LogP contribution in [0.5, 0.6) is 5.75 Å². The van der Waals surface area contributed by atoms with Gasteiger partial charge in [0.25, 0.3) is 11.8 Å². The summed E-state index contributed by atoms with van der Waals surface area (Å²) in [5.41, 5.74) is 2.99. The molecule has 0 unspecified atom stereocenters. The maximum absolute atomic E-state index is 13.1. The van der Waals surface area contributed by atoms with E-state index in [2.05, 4.69) is 30.3 Å². The molecule has 19 heteroatoms. The highest BCUT2D eigenvalue weighted by Gasteiger charge is 2.21. The SMILES string of the molecule is CCCS(=O)(=O)Nc1cccc(S(=O)(=O)c2ccc(CNC(=O)c3cc4ccncc4s3)cc2)c1.COc1ccc2cc(S(=O)(=O)c3ccc(CNC(=O)c4cc5cnccc5[nH]4)cc3)ccc2c1. The Morgan fingerprint density at radius 2 is 1.22 bits per heavy atom. The molecule has 0 saturated carbocycles. The van der Waals surface area contributed by atoms with Gasteiger partial charge in [0.15, 0.2) is 0 Å². The van der Waals surface area contributed by atoms with Gasteiger partial charge < -0.3 is 20.4 Å². The van der Waals surface area contributed by atoms with E-state index in [0.29, 0.717) is 22.7 Å². The van der Waals surface area contributed by atoms with Crippen molar-refractivity contribution in [1.29, 1.82) is 0 Å². The zero-order valence-electron chi connectivity index (χ0n) is 37.0. The number of thiophene rings is 1. The van der Waals surface area contributed by atoms with Crippen LogP contribution >= 0.6 is 11.3 Å². The van der Waals surface area contributed by atoms with Gasteiger partial charge in [-0.05, 0) is 125 Å². The first kappa shape index (κ1) is 48.0. The fourth-order valence-electron chi connectivity index (χ4n) is 7.21. The number of pyridine rings is 2. The Labute approximate surface area is 402 Å². The van der Waals surface area contributed by atoms with Gasteiger partial charge in [-0.25, -0.2) is 25.3 Å². The van der Waals surface area contributed by atoms with E-state index in [1.807, 2.05) is 24.3 Å². The topological polar surface area (TPSA) is 223 Å². The zero-order valence-corrected chi connectivity index (χ0v) is 40.3. The summed E-state index contributed by atoms with van der Waals surface area (Å²) in [5, 5.41) is 9.21. The molecule has 2 amide bonds. The number of fused-ring (bicyclic) bond motifs is 3. The smallest absolute Gasteiger partial charge is 0.267 e. The number of H-pyrrole nitrogens is 1. The van der Waals surface area contributed by atoms with Gasteiger partial charge in [-0.1, -0.05) is 49.4 Å². The number of aromatic amines is 1. The van der Waals surface area contributed by atoms with E-state index in [1.54, 1.807) is 112 Å². The number of carbonyl (C=O) groups excluding carboxylic acids is 2. The van der Waals surface area contributed by atoms with E-state index in [-0.39, 0.29) is 55.9 Å². The van der Waals surface area contributed by atoms with Gasteiger partial charge in [-0.2, -0.15) is 0 Å². The van der Waals surface area contributed by atoms with Crippen LogP contribution in [0.3, 0.4) is 0 Å². The number of ether oxygens (including phenoxy) is 1. The van der Waals surface area contributed by atoms with Gasteiger partial charge in [0.1, 0.15) is 11.4 Å². The first-order valence-corrected chi connectivity index (χ1v) is 26.7. The van der Waals surface area contributed by atoms with Crippen molar-refractivity contribution in [1.82, 2.24) is 25.6 Å². The number of aromatic nitrogens is 3. The van der Waals surface area contributed by atoms with Gasteiger partial charge in [0.05, 0.1) is 42.0 Å². The van der Waals surface area contributed by atoms with Gasteiger partial charge in [-0.3, -0.25) is 24.3 Å². The molecule has 0 atom stereocenters. The number of nitrogens with zero attached hydrogens (tertiary/aromatic N) is 2. The first-order chi connectivity index (χ1) is 33.1. The summed E-state index contributed by atoms with van der Waals surface area (Å²) in [4.78, 5) is 37.2. The molecular formula is C50H44N6O9S4. The molecule has 0 fully saturated rings. The van der Waals surface area contributed by atoms with E-state index in [9.17, 15) is 34.8 Å². The summed E-state index contributed by atoms with van der Waals surface area (Å²) >= 11 is 1.35. The van der Waals surface area contributed by atoms with Crippen LogP contribution in [0, 0.1) is 0 Å².